The number of methoxy groups -OCH3 is 1. The van der Waals surface area contributed by atoms with E-state index in [2.05, 4.69) is 26.3 Å². The average molecular weight is 657 g/mol. The second kappa shape index (κ2) is 12.9. The number of carbonyl (C=O) groups excluding carboxylic acids is 1. The van der Waals surface area contributed by atoms with Crippen LogP contribution in [-0.2, 0) is 11.8 Å². The Morgan fingerprint density at radius 2 is 2.00 bits per heavy atom. The number of rotatable bonds is 13. The average Bonchev–Trinajstić information content (AvgIpc) is 3.68. The van der Waals surface area contributed by atoms with Crippen LogP contribution in [0.2, 0.25) is 0 Å². The standard InChI is InChI=1S/C26H28BrF3N6O6/c1-33-14-16(25(38)41-2)11-19(23(33)37)20-13-32-35(18-4-5-18)24(20)42-10-9-34(15-26(28,29)30)8-7-31-21-12-17(27)3-6-22(21)36(39)40/h3,6,11-14,18,31H,4-5,7-10,15H2,1-2H3. The molecule has 2 aromatic heterocycles. The van der Waals surface area contributed by atoms with Crippen LogP contribution in [0.15, 0.2) is 45.9 Å². The number of benzene rings is 1. The van der Waals surface area contributed by atoms with E-state index < -0.39 is 29.2 Å². The third kappa shape index (κ3) is 7.67. The lowest BCUT2D eigenvalue weighted by Crippen LogP contribution is -2.39. The molecule has 2 heterocycles. The molecule has 1 aliphatic carbocycles. The summed E-state index contributed by atoms with van der Waals surface area (Å²) in [4.78, 5) is 37.0. The Hall–Kier alpha value is -3.92. The number of alkyl halides is 3. The fraction of sp³-hybridized carbons (Fsp3) is 0.423. The van der Waals surface area contributed by atoms with Crippen molar-refractivity contribution in [3.63, 3.8) is 0 Å². The number of aryl methyl sites for hydroxylation is 1. The molecule has 0 atom stereocenters. The number of carbonyl (C=O) groups is 1. The molecule has 4 rings (SSSR count). The fourth-order valence-electron chi connectivity index (χ4n) is 4.35. The normalized spacial score (nSPS) is 13.3. The Morgan fingerprint density at radius 1 is 1.26 bits per heavy atom. The maximum Gasteiger partial charge on any atom is 0.401 e. The van der Waals surface area contributed by atoms with E-state index in [1.54, 1.807) is 4.68 Å². The van der Waals surface area contributed by atoms with Gasteiger partial charge >= 0.3 is 12.1 Å². The van der Waals surface area contributed by atoms with Gasteiger partial charge in [0.15, 0.2) is 0 Å². The van der Waals surface area contributed by atoms with Crippen LogP contribution >= 0.6 is 15.9 Å². The van der Waals surface area contributed by atoms with E-state index in [1.165, 1.54) is 55.4 Å². The van der Waals surface area contributed by atoms with E-state index in [9.17, 15) is 32.9 Å². The van der Waals surface area contributed by atoms with Crippen molar-refractivity contribution < 1.29 is 32.4 Å². The SMILES string of the molecule is COC(=O)c1cc(-c2cnn(C3CC3)c2OCCN(CCNc2cc(Br)ccc2[N+](=O)[O-])CC(F)(F)F)c(=O)n(C)c1. The molecular weight excluding hydrogens is 629 g/mol. The van der Waals surface area contributed by atoms with E-state index in [-0.39, 0.29) is 60.7 Å². The maximum atomic E-state index is 13.4. The van der Waals surface area contributed by atoms with Crippen LogP contribution in [0.1, 0.15) is 29.2 Å². The summed E-state index contributed by atoms with van der Waals surface area (Å²) in [6.45, 7) is -1.64. The van der Waals surface area contributed by atoms with E-state index in [1.807, 2.05) is 0 Å². The number of halogens is 4. The van der Waals surface area contributed by atoms with Crippen molar-refractivity contribution in [1.82, 2.24) is 19.2 Å². The van der Waals surface area contributed by atoms with Gasteiger partial charge in [0, 0.05) is 43.4 Å². The highest BCUT2D eigenvalue weighted by Gasteiger charge is 2.32. The summed E-state index contributed by atoms with van der Waals surface area (Å²) < 4.78 is 54.3. The second-order valence-electron chi connectivity index (χ2n) is 9.67. The molecule has 1 saturated carbocycles. The van der Waals surface area contributed by atoms with E-state index in [4.69, 9.17) is 9.47 Å². The Labute approximate surface area is 246 Å². The van der Waals surface area contributed by atoms with Gasteiger partial charge in [-0.05, 0) is 31.0 Å². The largest absolute Gasteiger partial charge is 0.476 e. The molecule has 42 heavy (non-hydrogen) atoms. The minimum Gasteiger partial charge on any atom is -0.476 e. The summed E-state index contributed by atoms with van der Waals surface area (Å²) in [5, 5.41) is 18.5. The predicted octanol–water partition coefficient (Wildman–Crippen LogP) is 4.40. The molecule has 0 amide bonds. The molecule has 226 valence electrons. The third-order valence-electron chi connectivity index (χ3n) is 6.49. The molecule has 3 aromatic rings. The highest BCUT2D eigenvalue weighted by Crippen LogP contribution is 2.41. The number of nitrogens with one attached hydrogen (secondary N) is 1. The van der Waals surface area contributed by atoms with Gasteiger partial charge in [-0.15, -0.1) is 0 Å². The Balaban J connectivity index is 1.51. The number of pyridine rings is 1. The summed E-state index contributed by atoms with van der Waals surface area (Å²) in [5.41, 5.74) is 0.121. The van der Waals surface area contributed by atoms with E-state index in [0.29, 0.717) is 10.0 Å². The van der Waals surface area contributed by atoms with Crippen LogP contribution in [-0.4, -0.2) is 76.2 Å². The highest BCUT2D eigenvalue weighted by atomic mass is 79.9. The zero-order chi connectivity index (χ0) is 30.6. The Bertz CT molecular complexity index is 1520. The number of esters is 1. The predicted molar refractivity (Wildman–Crippen MR) is 150 cm³/mol. The first kappa shape index (κ1) is 31.0. The van der Waals surface area contributed by atoms with Gasteiger partial charge in [-0.3, -0.25) is 19.8 Å². The molecule has 1 N–H and O–H groups in total. The first-order valence-electron chi connectivity index (χ1n) is 12.8. The zero-order valence-electron chi connectivity index (χ0n) is 22.7. The second-order valence-corrected chi connectivity index (χ2v) is 10.6. The molecule has 0 spiro atoms. The van der Waals surface area contributed by atoms with Crippen molar-refractivity contribution in [2.75, 3.05) is 45.2 Å². The van der Waals surface area contributed by atoms with Gasteiger partial charge in [0.05, 0.1) is 47.5 Å². The van der Waals surface area contributed by atoms with E-state index >= 15 is 0 Å². The molecule has 16 heteroatoms. The van der Waals surface area contributed by atoms with Gasteiger partial charge in [-0.25, -0.2) is 9.48 Å². The smallest absolute Gasteiger partial charge is 0.401 e. The molecule has 1 fully saturated rings. The van der Waals surface area contributed by atoms with Crippen LogP contribution in [0, 0.1) is 10.1 Å². The van der Waals surface area contributed by atoms with Crippen LogP contribution < -0.4 is 15.6 Å². The summed E-state index contributed by atoms with van der Waals surface area (Å²) >= 11 is 3.24. The van der Waals surface area contributed by atoms with Crippen LogP contribution in [0.5, 0.6) is 5.88 Å². The quantitative estimate of drug-likeness (QED) is 0.161. The van der Waals surface area contributed by atoms with Crippen molar-refractivity contribution in [2.45, 2.75) is 25.1 Å². The van der Waals surface area contributed by atoms with Crippen molar-refractivity contribution in [2.24, 2.45) is 7.05 Å². The molecule has 0 aliphatic heterocycles. The molecule has 12 nitrogen and oxygen atoms in total. The summed E-state index contributed by atoms with van der Waals surface area (Å²) in [7, 11) is 2.70. The molecule has 1 aromatic carbocycles. The number of nitro groups is 1. The van der Waals surface area contributed by atoms with Crippen molar-refractivity contribution in [3.05, 3.63) is 67.2 Å². The minimum atomic E-state index is -4.50. The number of hydrogen-bond acceptors (Lipinski definition) is 9. The van der Waals surface area contributed by atoms with Gasteiger partial charge in [-0.2, -0.15) is 18.3 Å². The fourth-order valence-corrected chi connectivity index (χ4v) is 4.71. The van der Waals surface area contributed by atoms with Crippen LogP contribution in [0.4, 0.5) is 24.5 Å². The van der Waals surface area contributed by atoms with Gasteiger partial charge in [-0.1, -0.05) is 15.9 Å². The maximum absolute atomic E-state index is 13.4. The van der Waals surface area contributed by atoms with Crippen molar-refractivity contribution in [3.8, 4) is 17.0 Å². The molecule has 0 radical (unpaired) electrons. The Kier molecular flexibility index (Phi) is 9.56. The van der Waals surface area contributed by atoms with Crippen molar-refractivity contribution >= 4 is 33.3 Å². The lowest BCUT2D eigenvalue weighted by atomic mass is 10.1. The zero-order valence-corrected chi connectivity index (χ0v) is 24.3. The first-order valence-corrected chi connectivity index (χ1v) is 13.6. The van der Waals surface area contributed by atoms with Gasteiger partial charge in [0.1, 0.15) is 12.3 Å². The minimum absolute atomic E-state index is 0.00497. The molecule has 0 saturated heterocycles. The van der Waals surface area contributed by atoms with Crippen molar-refractivity contribution in [1.29, 1.82) is 0 Å². The summed E-state index contributed by atoms with van der Waals surface area (Å²) in [6, 6.07) is 5.67. The number of nitrogens with zero attached hydrogens (tertiary/aromatic N) is 5. The third-order valence-corrected chi connectivity index (χ3v) is 6.98. The summed E-state index contributed by atoms with van der Waals surface area (Å²) in [5.74, 6) is -0.431. The van der Waals surface area contributed by atoms with E-state index in [0.717, 1.165) is 17.7 Å². The number of hydrogen-bond donors (Lipinski definition) is 1. The number of nitro benzene ring substituents is 1. The van der Waals surface area contributed by atoms with Crippen LogP contribution in [0.3, 0.4) is 0 Å². The summed E-state index contributed by atoms with van der Waals surface area (Å²) in [6.07, 6.45) is -0.0666. The van der Waals surface area contributed by atoms with Gasteiger partial charge in [0.2, 0.25) is 5.88 Å². The molecule has 1 aliphatic rings. The van der Waals surface area contributed by atoms with Crippen LogP contribution in [0.25, 0.3) is 11.1 Å². The lowest BCUT2D eigenvalue weighted by Gasteiger charge is -2.24. The Morgan fingerprint density at radius 3 is 2.64 bits per heavy atom. The topological polar surface area (TPSA) is 134 Å². The highest BCUT2D eigenvalue weighted by molar-refractivity contribution is 9.10. The number of anilines is 1. The lowest BCUT2D eigenvalue weighted by molar-refractivity contribution is -0.384. The first-order chi connectivity index (χ1) is 19.9. The monoisotopic (exact) mass is 656 g/mol. The molecule has 0 bridgehead atoms. The molecule has 0 unspecified atom stereocenters. The number of ether oxygens (including phenoxy) is 2. The molecular formula is C26H28BrF3N6O6. The van der Waals surface area contributed by atoms with Gasteiger partial charge < -0.3 is 19.4 Å². The van der Waals surface area contributed by atoms with Gasteiger partial charge in [0.25, 0.3) is 11.2 Å². The number of aromatic nitrogens is 3.